The molecule has 3 rings (SSSR count). The summed E-state index contributed by atoms with van der Waals surface area (Å²) in [5.74, 6) is 0.0977. The van der Waals surface area contributed by atoms with Gasteiger partial charge in [-0.05, 0) is 42.5 Å². The summed E-state index contributed by atoms with van der Waals surface area (Å²) < 4.78 is 1.84. The molecular formula is C21H23N3O. The van der Waals surface area contributed by atoms with Gasteiger partial charge in [-0.25, -0.2) is 4.68 Å². The van der Waals surface area contributed by atoms with Crippen LogP contribution in [0, 0.1) is 0 Å². The monoisotopic (exact) mass is 333 g/mol. The average molecular weight is 333 g/mol. The Morgan fingerprint density at radius 3 is 2.40 bits per heavy atom. The fourth-order valence-corrected chi connectivity index (χ4v) is 2.72. The Bertz CT molecular complexity index is 781. The second kappa shape index (κ2) is 8.83. The number of aryl methyl sites for hydroxylation is 2. The maximum atomic E-state index is 12.0. The van der Waals surface area contributed by atoms with Gasteiger partial charge in [0.05, 0.1) is 11.9 Å². The lowest BCUT2D eigenvalue weighted by Crippen LogP contribution is -2.24. The van der Waals surface area contributed by atoms with Crippen molar-refractivity contribution in [1.82, 2.24) is 15.1 Å². The van der Waals surface area contributed by atoms with Crippen molar-refractivity contribution in [2.45, 2.75) is 25.7 Å². The van der Waals surface area contributed by atoms with Crippen LogP contribution in [0.5, 0.6) is 0 Å². The Hall–Kier alpha value is -2.88. The Morgan fingerprint density at radius 1 is 0.920 bits per heavy atom. The molecule has 1 heterocycles. The zero-order valence-corrected chi connectivity index (χ0v) is 14.3. The van der Waals surface area contributed by atoms with Crippen molar-refractivity contribution in [3.63, 3.8) is 0 Å². The lowest BCUT2D eigenvalue weighted by Gasteiger charge is -2.05. The first kappa shape index (κ1) is 17.0. The molecule has 4 nitrogen and oxygen atoms in total. The van der Waals surface area contributed by atoms with Gasteiger partial charge < -0.3 is 5.32 Å². The first-order valence-corrected chi connectivity index (χ1v) is 8.71. The van der Waals surface area contributed by atoms with Gasteiger partial charge in [0.25, 0.3) is 0 Å². The van der Waals surface area contributed by atoms with E-state index >= 15 is 0 Å². The van der Waals surface area contributed by atoms with Crippen LogP contribution in [0.15, 0.2) is 73.1 Å². The maximum Gasteiger partial charge on any atom is 0.220 e. The zero-order valence-electron chi connectivity index (χ0n) is 14.3. The Labute approximate surface area is 148 Å². The highest BCUT2D eigenvalue weighted by molar-refractivity contribution is 5.76. The minimum Gasteiger partial charge on any atom is -0.356 e. The van der Waals surface area contributed by atoms with E-state index in [9.17, 15) is 4.79 Å². The lowest BCUT2D eigenvalue weighted by atomic mass is 10.1. The van der Waals surface area contributed by atoms with E-state index in [0.717, 1.165) is 30.6 Å². The minimum atomic E-state index is 0.0977. The number of rotatable bonds is 8. The summed E-state index contributed by atoms with van der Waals surface area (Å²) in [6.45, 7) is 0.719. The Balaban J connectivity index is 1.37. The first-order valence-electron chi connectivity index (χ1n) is 8.71. The number of hydrogen-bond acceptors (Lipinski definition) is 2. The van der Waals surface area contributed by atoms with Crippen molar-refractivity contribution in [2.75, 3.05) is 6.54 Å². The van der Waals surface area contributed by atoms with Crippen molar-refractivity contribution in [3.8, 4) is 5.69 Å². The van der Waals surface area contributed by atoms with Gasteiger partial charge in [-0.15, -0.1) is 0 Å². The molecule has 1 amide bonds. The molecule has 0 bridgehead atoms. The fourth-order valence-electron chi connectivity index (χ4n) is 2.72. The largest absolute Gasteiger partial charge is 0.356 e. The van der Waals surface area contributed by atoms with Gasteiger partial charge in [0.15, 0.2) is 0 Å². The van der Waals surface area contributed by atoms with Crippen molar-refractivity contribution in [3.05, 3.63) is 84.2 Å². The van der Waals surface area contributed by atoms with Gasteiger partial charge in [0, 0.05) is 19.2 Å². The second-order valence-electron chi connectivity index (χ2n) is 6.07. The molecule has 0 spiro atoms. The first-order chi connectivity index (χ1) is 12.3. The highest BCUT2D eigenvalue weighted by Crippen LogP contribution is 2.09. The highest BCUT2D eigenvalue weighted by atomic mass is 16.1. The third-order valence-corrected chi connectivity index (χ3v) is 4.10. The molecule has 0 aliphatic rings. The van der Waals surface area contributed by atoms with Crippen LogP contribution >= 0.6 is 0 Å². The molecule has 1 N–H and O–H groups in total. The van der Waals surface area contributed by atoms with Gasteiger partial charge in [0.2, 0.25) is 5.91 Å². The predicted octanol–water partition coefficient (Wildman–Crippen LogP) is 3.55. The number of carbonyl (C=O) groups is 1. The topological polar surface area (TPSA) is 46.9 Å². The zero-order chi connectivity index (χ0) is 17.3. The van der Waals surface area contributed by atoms with Crippen LogP contribution in [0.1, 0.15) is 24.0 Å². The summed E-state index contributed by atoms with van der Waals surface area (Å²) in [5.41, 5.74) is 3.41. The molecule has 0 unspecified atom stereocenters. The smallest absolute Gasteiger partial charge is 0.220 e. The number of aromatic nitrogens is 2. The summed E-state index contributed by atoms with van der Waals surface area (Å²) in [6, 6.07) is 20.3. The SMILES string of the molecule is O=C(CCc1cnn(-c2ccccc2)c1)NCCCc1ccccc1. The molecule has 4 heteroatoms. The molecule has 1 aromatic heterocycles. The van der Waals surface area contributed by atoms with Gasteiger partial charge in [-0.3, -0.25) is 4.79 Å². The number of para-hydroxylation sites is 1. The number of amides is 1. The van der Waals surface area contributed by atoms with E-state index in [1.807, 2.05) is 65.6 Å². The normalized spacial score (nSPS) is 10.6. The van der Waals surface area contributed by atoms with Crippen LogP contribution in [0.2, 0.25) is 0 Å². The van der Waals surface area contributed by atoms with Crippen LogP contribution in [0.4, 0.5) is 0 Å². The quantitative estimate of drug-likeness (QED) is 0.641. The molecule has 0 fully saturated rings. The van der Waals surface area contributed by atoms with Crippen molar-refractivity contribution in [2.24, 2.45) is 0 Å². The summed E-state index contributed by atoms with van der Waals surface area (Å²) in [4.78, 5) is 12.0. The van der Waals surface area contributed by atoms with E-state index in [1.165, 1.54) is 5.56 Å². The van der Waals surface area contributed by atoms with Crippen LogP contribution in [0.3, 0.4) is 0 Å². The number of hydrogen-bond donors (Lipinski definition) is 1. The minimum absolute atomic E-state index is 0.0977. The van der Waals surface area contributed by atoms with Crippen LogP contribution in [0.25, 0.3) is 5.69 Å². The maximum absolute atomic E-state index is 12.0. The summed E-state index contributed by atoms with van der Waals surface area (Å²) in [7, 11) is 0. The molecule has 0 aliphatic carbocycles. The van der Waals surface area contributed by atoms with Crippen molar-refractivity contribution in [1.29, 1.82) is 0 Å². The van der Waals surface area contributed by atoms with Crippen molar-refractivity contribution < 1.29 is 4.79 Å². The van der Waals surface area contributed by atoms with Gasteiger partial charge in [0.1, 0.15) is 0 Å². The molecule has 2 aromatic carbocycles. The fraction of sp³-hybridized carbons (Fsp3) is 0.238. The van der Waals surface area contributed by atoms with E-state index in [4.69, 9.17) is 0 Å². The molecule has 0 radical (unpaired) electrons. The standard InChI is InChI=1S/C21H23N3O/c25-21(22-15-7-10-18-8-3-1-4-9-18)14-13-19-16-23-24(17-19)20-11-5-2-6-12-20/h1-6,8-9,11-12,16-17H,7,10,13-15H2,(H,22,25). The highest BCUT2D eigenvalue weighted by Gasteiger charge is 2.05. The third-order valence-electron chi connectivity index (χ3n) is 4.10. The number of carbonyl (C=O) groups excluding carboxylic acids is 1. The summed E-state index contributed by atoms with van der Waals surface area (Å²) in [6.07, 6.45) is 6.96. The Kier molecular flexibility index (Phi) is 5.99. The van der Waals surface area contributed by atoms with Crippen molar-refractivity contribution >= 4 is 5.91 Å². The molecule has 3 aromatic rings. The van der Waals surface area contributed by atoms with Crippen LogP contribution in [-0.4, -0.2) is 22.2 Å². The number of nitrogens with zero attached hydrogens (tertiary/aromatic N) is 2. The predicted molar refractivity (Wildman–Crippen MR) is 99.7 cm³/mol. The summed E-state index contributed by atoms with van der Waals surface area (Å²) in [5, 5.41) is 7.35. The molecule has 0 saturated carbocycles. The van der Waals surface area contributed by atoms with Gasteiger partial charge in [-0.1, -0.05) is 48.5 Å². The third kappa shape index (κ3) is 5.31. The van der Waals surface area contributed by atoms with Gasteiger partial charge >= 0.3 is 0 Å². The Morgan fingerprint density at radius 2 is 1.64 bits per heavy atom. The molecule has 25 heavy (non-hydrogen) atoms. The molecule has 0 aliphatic heterocycles. The molecule has 0 saturated heterocycles. The number of nitrogens with one attached hydrogen (secondary N) is 1. The van der Waals surface area contributed by atoms with Crippen LogP contribution < -0.4 is 5.32 Å². The molecular weight excluding hydrogens is 310 g/mol. The average Bonchev–Trinajstić information content (AvgIpc) is 3.14. The number of benzene rings is 2. The van der Waals surface area contributed by atoms with E-state index in [-0.39, 0.29) is 5.91 Å². The van der Waals surface area contributed by atoms with E-state index in [2.05, 4.69) is 22.5 Å². The van der Waals surface area contributed by atoms with E-state index in [1.54, 1.807) is 0 Å². The van der Waals surface area contributed by atoms with Gasteiger partial charge in [-0.2, -0.15) is 5.10 Å². The second-order valence-corrected chi connectivity index (χ2v) is 6.07. The summed E-state index contributed by atoms with van der Waals surface area (Å²) >= 11 is 0. The lowest BCUT2D eigenvalue weighted by molar-refractivity contribution is -0.121. The van der Waals surface area contributed by atoms with Crippen LogP contribution in [-0.2, 0) is 17.6 Å². The molecule has 128 valence electrons. The van der Waals surface area contributed by atoms with E-state index < -0.39 is 0 Å². The molecule has 0 atom stereocenters. The van der Waals surface area contributed by atoms with E-state index in [0.29, 0.717) is 12.8 Å².